The van der Waals surface area contributed by atoms with Crippen molar-refractivity contribution in [3.63, 3.8) is 0 Å². The van der Waals surface area contributed by atoms with Crippen LogP contribution in [-0.2, 0) is 9.59 Å². The van der Waals surface area contributed by atoms with Crippen molar-refractivity contribution < 1.29 is 9.59 Å². The van der Waals surface area contributed by atoms with Crippen molar-refractivity contribution in [3.05, 3.63) is 12.2 Å². The first-order valence-electron chi connectivity index (χ1n) is 10.1. The van der Waals surface area contributed by atoms with Gasteiger partial charge in [0.25, 0.3) is 0 Å². The van der Waals surface area contributed by atoms with Crippen LogP contribution in [0.4, 0.5) is 0 Å². The van der Waals surface area contributed by atoms with E-state index in [2.05, 4.69) is 25.3 Å². The van der Waals surface area contributed by atoms with Gasteiger partial charge in [0.05, 0.1) is 5.41 Å². The second-order valence-electron chi connectivity index (χ2n) is 9.42. The highest BCUT2D eigenvalue weighted by Gasteiger charge is 2.61. The Morgan fingerprint density at radius 3 is 2.68 bits per heavy atom. The lowest BCUT2D eigenvalue weighted by atomic mass is 9.68. The summed E-state index contributed by atoms with van der Waals surface area (Å²) in [6.45, 7) is 12.4. The van der Waals surface area contributed by atoms with Gasteiger partial charge in [-0.05, 0) is 55.8 Å². The lowest BCUT2D eigenvalue weighted by Gasteiger charge is -2.42. The average Bonchev–Trinajstić information content (AvgIpc) is 3.25. The average molecular weight is 344 g/mol. The van der Waals surface area contributed by atoms with Crippen LogP contribution in [0, 0.1) is 22.7 Å². The van der Waals surface area contributed by atoms with Gasteiger partial charge in [-0.1, -0.05) is 26.0 Å². The first-order valence-corrected chi connectivity index (χ1v) is 10.1. The van der Waals surface area contributed by atoms with Crippen LogP contribution in [-0.4, -0.2) is 47.8 Å². The Bertz CT molecular complexity index is 611. The number of likely N-dealkylation sites (tertiary alicyclic amines) is 2. The number of nitrogens with zero attached hydrogens (tertiary/aromatic N) is 2. The Morgan fingerprint density at radius 2 is 2.04 bits per heavy atom. The minimum Gasteiger partial charge on any atom is -0.342 e. The minimum atomic E-state index is -0.292. The molecule has 2 amide bonds. The Labute approximate surface area is 151 Å². The van der Waals surface area contributed by atoms with E-state index >= 15 is 0 Å². The summed E-state index contributed by atoms with van der Waals surface area (Å²) >= 11 is 0. The molecule has 3 unspecified atom stereocenters. The molecule has 25 heavy (non-hydrogen) atoms. The molecular formula is C21H32N2O2. The first-order chi connectivity index (χ1) is 11.8. The summed E-state index contributed by atoms with van der Waals surface area (Å²) in [5.41, 5.74) is 0.989. The van der Waals surface area contributed by atoms with Gasteiger partial charge in [-0.25, -0.2) is 0 Å². The fourth-order valence-corrected chi connectivity index (χ4v) is 6.03. The summed E-state index contributed by atoms with van der Waals surface area (Å²) < 4.78 is 0. The Kier molecular flexibility index (Phi) is 4.01. The highest BCUT2D eigenvalue weighted by atomic mass is 16.2. The van der Waals surface area contributed by atoms with Crippen LogP contribution in [0.15, 0.2) is 12.2 Å². The Hall–Kier alpha value is -1.32. The number of fused-ring (bicyclic) bond motifs is 2. The van der Waals surface area contributed by atoms with Gasteiger partial charge >= 0.3 is 0 Å². The van der Waals surface area contributed by atoms with E-state index in [1.165, 1.54) is 5.57 Å². The quantitative estimate of drug-likeness (QED) is 0.738. The summed E-state index contributed by atoms with van der Waals surface area (Å²) in [7, 11) is 0. The van der Waals surface area contributed by atoms with Crippen molar-refractivity contribution in [2.24, 2.45) is 22.7 Å². The predicted molar refractivity (Wildman–Crippen MR) is 97.8 cm³/mol. The molecule has 0 radical (unpaired) electrons. The van der Waals surface area contributed by atoms with Gasteiger partial charge in [-0.3, -0.25) is 9.59 Å². The van der Waals surface area contributed by atoms with Crippen molar-refractivity contribution in [3.8, 4) is 0 Å². The van der Waals surface area contributed by atoms with E-state index in [1.807, 2.05) is 4.90 Å². The zero-order chi connectivity index (χ0) is 17.8. The molecule has 4 rings (SSSR count). The topological polar surface area (TPSA) is 40.6 Å². The molecule has 2 aliphatic heterocycles. The van der Waals surface area contributed by atoms with Crippen LogP contribution in [0.1, 0.15) is 58.8 Å². The first kappa shape index (κ1) is 17.1. The van der Waals surface area contributed by atoms with Crippen molar-refractivity contribution in [1.82, 2.24) is 9.80 Å². The SMILES string of the molecule is C=C1C2(C(=O)N3CCCC(CN4CCCC4=O)C3)CCC(C2)C1(C)C. The molecule has 2 aliphatic carbocycles. The standard InChI is InChI=1S/C21H32N2O2/c1-15-20(2,3)17-8-9-21(15,12-17)19(25)23-11-4-6-16(14-23)13-22-10-5-7-18(22)24/h16-17H,1,4-14H2,2-3H3. The predicted octanol–water partition coefficient (Wildman–Crippen LogP) is 3.23. The van der Waals surface area contributed by atoms with Gasteiger partial charge in [0, 0.05) is 32.6 Å². The van der Waals surface area contributed by atoms with Crippen molar-refractivity contribution in [2.45, 2.75) is 58.8 Å². The number of hydrogen-bond acceptors (Lipinski definition) is 2. The van der Waals surface area contributed by atoms with Crippen LogP contribution in [0.2, 0.25) is 0 Å². The molecular weight excluding hydrogens is 312 g/mol. The molecule has 0 spiro atoms. The van der Waals surface area contributed by atoms with Crippen LogP contribution in [0.25, 0.3) is 0 Å². The fraction of sp³-hybridized carbons (Fsp3) is 0.810. The maximum atomic E-state index is 13.5. The fourth-order valence-electron chi connectivity index (χ4n) is 6.03. The van der Waals surface area contributed by atoms with E-state index in [1.54, 1.807) is 0 Å². The van der Waals surface area contributed by atoms with E-state index < -0.39 is 0 Å². The third-order valence-corrected chi connectivity index (χ3v) is 7.76. The van der Waals surface area contributed by atoms with E-state index in [-0.39, 0.29) is 10.8 Å². The number of amides is 2. The lowest BCUT2D eigenvalue weighted by Crippen LogP contribution is -2.50. The normalized spacial score (nSPS) is 37.2. The van der Waals surface area contributed by atoms with E-state index in [4.69, 9.17) is 0 Å². The minimum absolute atomic E-state index is 0.102. The molecule has 2 saturated heterocycles. The summed E-state index contributed by atoms with van der Waals surface area (Å²) in [5.74, 6) is 1.69. The summed E-state index contributed by atoms with van der Waals surface area (Å²) in [6.07, 6.45) is 7.05. The number of carbonyl (C=O) groups is 2. The molecule has 0 N–H and O–H groups in total. The van der Waals surface area contributed by atoms with Gasteiger partial charge < -0.3 is 9.80 Å². The molecule has 4 fully saturated rings. The molecule has 2 saturated carbocycles. The number of carbonyl (C=O) groups excluding carboxylic acids is 2. The molecule has 2 heterocycles. The van der Waals surface area contributed by atoms with Crippen molar-refractivity contribution in [1.29, 1.82) is 0 Å². The largest absolute Gasteiger partial charge is 0.342 e. The van der Waals surface area contributed by atoms with Crippen molar-refractivity contribution in [2.75, 3.05) is 26.2 Å². The molecule has 138 valence electrons. The molecule has 0 aromatic rings. The van der Waals surface area contributed by atoms with E-state index in [0.717, 1.165) is 64.7 Å². The monoisotopic (exact) mass is 344 g/mol. The number of piperidine rings is 1. The zero-order valence-electron chi connectivity index (χ0n) is 15.9. The molecule has 2 bridgehead atoms. The molecule has 0 aromatic heterocycles. The maximum absolute atomic E-state index is 13.5. The summed E-state index contributed by atoms with van der Waals surface area (Å²) in [4.78, 5) is 29.6. The summed E-state index contributed by atoms with van der Waals surface area (Å²) in [6, 6.07) is 0. The molecule has 3 atom stereocenters. The maximum Gasteiger partial charge on any atom is 0.232 e. The smallest absolute Gasteiger partial charge is 0.232 e. The Balaban J connectivity index is 1.45. The van der Waals surface area contributed by atoms with Gasteiger partial charge in [0.15, 0.2) is 0 Å². The van der Waals surface area contributed by atoms with Crippen LogP contribution in [0.3, 0.4) is 0 Å². The molecule has 4 aliphatic rings. The Morgan fingerprint density at radius 1 is 1.24 bits per heavy atom. The van der Waals surface area contributed by atoms with Crippen LogP contribution >= 0.6 is 0 Å². The molecule has 0 aromatic carbocycles. The lowest BCUT2D eigenvalue weighted by molar-refractivity contribution is -0.141. The van der Waals surface area contributed by atoms with Gasteiger partial charge in [-0.2, -0.15) is 0 Å². The van der Waals surface area contributed by atoms with Crippen LogP contribution in [0.5, 0.6) is 0 Å². The summed E-state index contributed by atoms with van der Waals surface area (Å²) in [5, 5.41) is 0. The third-order valence-electron chi connectivity index (χ3n) is 7.76. The third kappa shape index (κ3) is 2.55. The van der Waals surface area contributed by atoms with Gasteiger partial charge in [0.1, 0.15) is 0 Å². The number of hydrogen-bond donors (Lipinski definition) is 0. The zero-order valence-corrected chi connectivity index (χ0v) is 15.9. The molecule has 4 heteroatoms. The van der Waals surface area contributed by atoms with Gasteiger partial charge in [-0.15, -0.1) is 0 Å². The second-order valence-corrected chi connectivity index (χ2v) is 9.42. The highest BCUT2D eigenvalue weighted by molar-refractivity contribution is 5.87. The van der Waals surface area contributed by atoms with Gasteiger partial charge in [0.2, 0.25) is 11.8 Å². The molecule has 4 nitrogen and oxygen atoms in total. The van der Waals surface area contributed by atoms with Crippen molar-refractivity contribution >= 4 is 11.8 Å². The highest BCUT2D eigenvalue weighted by Crippen LogP contribution is 2.66. The second kappa shape index (κ2) is 5.85. The number of rotatable bonds is 3. The van der Waals surface area contributed by atoms with E-state index in [0.29, 0.717) is 30.1 Å². The van der Waals surface area contributed by atoms with Crippen LogP contribution < -0.4 is 0 Å². The van der Waals surface area contributed by atoms with E-state index in [9.17, 15) is 9.59 Å².